The van der Waals surface area contributed by atoms with Gasteiger partial charge in [0, 0.05) is 48.9 Å². The number of hydrogen-bond donors (Lipinski definition) is 0. The third-order valence-electron chi connectivity index (χ3n) is 6.24. The van der Waals surface area contributed by atoms with Crippen molar-refractivity contribution >= 4 is 46.8 Å². The fraction of sp³-hybridized carbons (Fsp3) is 0.333. The Morgan fingerprint density at radius 1 is 0.786 bits per heavy atom. The summed E-state index contributed by atoms with van der Waals surface area (Å²) < 4.78 is 41.1. The van der Waals surface area contributed by atoms with Gasteiger partial charge in [0.15, 0.2) is 12.2 Å². The lowest BCUT2D eigenvalue weighted by Crippen LogP contribution is -2.59. The lowest BCUT2D eigenvalue weighted by Gasteiger charge is -2.44. The van der Waals surface area contributed by atoms with Gasteiger partial charge in [-0.1, -0.05) is 35.9 Å². The van der Waals surface area contributed by atoms with E-state index in [1.807, 2.05) is 12.1 Å². The van der Waals surface area contributed by atoms with Gasteiger partial charge < -0.3 is 23.7 Å². The summed E-state index contributed by atoms with van der Waals surface area (Å²) in [6.45, 7) is 4.58. The summed E-state index contributed by atoms with van der Waals surface area (Å²) in [5.41, 5.74) is 2.07. The van der Waals surface area contributed by atoms with Crippen LogP contribution in [0.1, 0.15) is 49.8 Å². The summed E-state index contributed by atoms with van der Waals surface area (Å²) in [7, 11) is 0. The highest BCUT2D eigenvalue weighted by molar-refractivity contribution is 7.15. The molecule has 0 saturated carbocycles. The number of carbonyl (C=O) groups excluding carboxylic acids is 4. The van der Waals surface area contributed by atoms with Crippen molar-refractivity contribution in [2.75, 3.05) is 0 Å². The zero-order valence-corrected chi connectivity index (χ0v) is 24.7. The van der Waals surface area contributed by atoms with Gasteiger partial charge in [0.2, 0.25) is 12.4 Å². The van der Waals surface area contributed by atoms with Crippen molar-refractivity contribution in [3.8, 4) is 10.4 Å². The average Bonchev–Trinajstić information content (AvgIpc) is 3.36. The molecule has 2 heterocycles. The van der Waals surface area contributed by atoms with Crippen LogP contribution in [0.4, 0.5) is 4.39 Å². The molecule has 0 N–H and O–H groups in total. The molecule has 2 aromatic carbocycles. The summed E-state index contributed by atoms with van der Waals surface area (Å²) >= 11 is 8.08. The van der Waals surface area contributed by atoms with E-state index < -0.39 is 54.6 Å². The van der Waals surface area contributed by atoms with E-state index in [2.05, 4.69) is 0 Å². The molecule has 1 aliphatic heterocycles. The van der Waals surface area contributed by atoms with E-state index in [9.17, 15) is 23.6 Å². The van der Waals surface area contributed by atoms with E-state index in [1.165, 1.54) is 30.4 Å². The van der Waals surface area contributed by atoms with E-state index in [0.29, 0.717) is 22.6 Å². The maximum absolute atomic E-state index is 13.4. The first kappa shape index (κ1) is 31.1. The molecule has 12 heteroatoms. The number of ether oxygens (including phenoxy) is 5. The molecule has 222 valence electrons. The molecule has 4 rings (SSSR count). The highest BCUT2D eigenvalue weighted by Gasteiger charge is 2.53. The minimum absolute atomic E-state index is 0.317. The van der Waals surface area contributed by atoms with Crippen LogP contribution in [-0.4, -0.2) is 48.5 Å². The molecule has 9 nitrogen and oxygen atoms in total. The first-order valence-corrected chi connectivity index (χ1v) is 14.1. The fourth-order valence-electron chi connectivity index (χ4n) is 4.64. The number of thiophene rings is 1. The van der Waals surface area contributed by atoms with Gasteiger partial charge in [0.05, 0.1) is 0 Å². The van der Waals surface area contributed by atoms with Gasteiger partial charge in [0.1, 0.15) is 11.9 Å². The maximum Gasteiger partial charge on any atom is 0.305 e. The number of esters is 4. The van der Waals surface area contributed by atoms with Crippen LogP contribution in [0.15, 0.2) is 54.6 Å². The quantitative estimate of drug-likeness (QED) is 0.237. The first-order valence-electron chi connectivity index (χ1n) is 12.9. The molecule has 0 radical (unpaired) electrons. The van der Waals surface area contributed by atoms with E-state index in [0.717, 1.165) is 36.1 Å². The van der Waals surface area contributed by atoms with Gasteiger partial charge in [-0.25, -0.2) is 4.39 Å². The van der Waals surface area contributed by atoms with Gasteiger partial charge in [-0.2, -0.15) is 0 Å². The Hall–Kier alpha value is -3.80. The average molecular weight is 619 g/mol. The summed E-state index contributed by atoms with van der Waals surface area (Å²) in [6.07, 6.45) is -6.22. The molecular weight excluding hydrogens is 591 g/mol. The molecular formula is C30H28ClFO9S. The third-order valence-corrected chi connectivity index (χ3v) is 7.74. The Morgan fingerprint density at radius 2 is 1.38 bits per heavy atom. The van der Waals surface area contributed by atoms with Crippen LogP contribution in [0.25, 0.3) is 10.4 Å². The van der Waals surface area contributed by atoms with Crippen molar-refractivity contribution in [2.24, 2.45) is 0 Å². The Labute approximate surface area is 250 Å². The van der Waals surface area contributed by atoms with Crippen LogP contribution in [0.5, 0.6) is 0 Å². The van der Waals surface area contributed by atoms with Crippen molar-refractivity contribution in [3.05, 3.63) is 81.4 Å². The van der Waals surface area contributed by atoms with Crippen molar-refractivity contribution in [1.29, 1.82) is 0 Å². The largest absolute Gasteiger partial charge is 0.455 e. The van der Waals surface area contributed by atoms with Crippen LogP contribution in [0.3, 0.4) is 0 Å². The smallest absolute Gasteiger partial charge is 0.305 e. The maximum atomic E-state index is 13.4. The van der Waals surface area contributed by atoms with Crippen LogP contribution in [0, 0.1) is 5.82 Å². The van der Waals surface area contributed by atoms with Crippen LogP contribution in [0.2, 0.25) is 5.02 Å². The van der Waals surface area contributed by atoms with Crippen molar-refractivity contribution in [3.63, 3.8) is 0 Å². The Kier molecular flexibility index (Phi) is 9.97. The second kappa shape index (κ2) is 13.5. The molecule has 0 aliphatic carbocycles. The molecule has 1 aliphatic rings. The van der Waals surface area contributed by atoms with Gasteiger partial charge in [-0.05, 0) is 47.0 Å². The predicted octanol–water partition coefficient (Wildman–Crippen LogP) is 5.55. The van der Waals surface area contributed by atoms with E-state index in [1.54, 1.807) is 30.3 Å². The van der Waals surface area contributed by atoms with Crippen molar-refractivity contribution < 1.29 is 47.3 Å². The third kappa shape index (κ3) is 7.72. The van der Waals surface area contributed by atoms with Crippen LogP contribution in [-0.2, 0) is 49.3 Å². The summed E-state index contributed by atoms with van der Waals surface area (Å²) in [6, 6.07) is 15.1. The molecule has 1 saturated heterocycles. The lowest BCUT2D eigenvalue weighted by atomic mass is 9.91. The molecule has 1 aromatic heterocycles. The van der Waals surface area contributed by atoms with Gasteiger partial charge in [-0.15, -0.1) is 11.3 Å². The highest BCUT2D eigenvalue weighted by atomic mass is 35.5. The second-order valence-corrected chi connectivity index (χ2v) is 11.1. The van der Waals surface area contributed by atoms with Gasteiger partial charge in [0.25, 0.3) is 0 Å². The van der Waals surface area contributed by atoms with E-state index in [4.69, 9.17) is 35.3 Å². The predicted molar refractivity (Wildman–Crippen MR) is 150 cm³/mol. The molecule has 0 bridgehead atoms. The normalized spacial score (nSPS) is 21.7. The number of benzene rings is 2. The monoisotopic (exact) mass is 618 g/mol. The summed E-state index contributed by atoms with van der Waals surface area (Å²) in [5, 5.41) is 0.459. The first-order chi connectivity index (χ1) is 19.9. The lowest BCUT2D eigenvalue weighted by molar-refractivity contribution is -0.298. The molecule has 5 atom stereocenters. The molecule has 3 aromatic rings. The Morgan fingerprint density at radius 3 is 2.00 bits per heavy atom. The summed E-state index contributed by atoms with van der Waals surface area (Å²) in [5.74, 6) is -3.28. The molecule has 0 amide bonds. The molecule has 5 unspecified atom stereocenters. The van der Waals surface area contributed by atoms with E-state index >= 15 is 0 Å². The molecule has 1 fully saturated rings. The standard InChI is InChI=1S/C30H28ClFO9S/c1-15(33)37-27-26(41-30(40-18(4)36)29(39-17(3)35)28(27)38-16(2)34)20-7-11-24(31)21(13-20)14-23-10-12-25(42-23)19-5-8-22(32)9-6-19/h5-13,26-30H,14H2,1-4H3. The van der Waals surface area contributed by atoms with E-state index in [-0.39, 0.29) is 5.82 Å². The highest BCUT2D eigenvalue weighted by Crippen LogP contribution is 2.39. The fourth-order valence-corrected chi connectivity index (χ4v) is 5.86. The minimum atomic E-state index is -1.48. The second-order valence-electron chi connectivity index (χ2n) is 9.56. The van der Waals surface area contributed by atoms with Crippen molar-refractivity contribution in [2.45, 2.75) is 64.8 Å². The SMILES string of the molecule is CC(=O)OC1OC(c2ccc(Cl)c(Cc3ccc(-c4ccc(F)cc4)s3)c2)C(OC(C)=O)C(OC(C)=O)C1OC(C)=O. The number of rotatable bonds is 8. The Bertz CT molecular complexity index is 1470. The van der Waals surface area contributed by atoms with Crippen LogP contribution < -0.4 is 0 Å². The van der Waals surface area contributed by atoms with Gasteiger partial charge >= 0.3 is 23.9 Å². The zero-order valence-electron chi connectivity index (χ0n) is 23.1. The molecule has 0 spiro atoms. The van der Waals surface area contributed by atoms with Gasteiger partial charge in [-0.3, -0.25) is 19.2 Å². The Balaban J connectivity index is 1.70. The number of halogens is 2. The number of hydrogen-bond acceptors (Lipinski definition) is 10. The van der Waals surface area contributed by atoms with Crippen molar-refractivity contribution in [1.82, 2.24) is 0 Å². The summed E-state index contributed by atoms with van der Waals surface area (Å²) in [4.78, 5) is 50.0. The molecule has 42 heavy (non-hydrogen) atoms. The zero-order chi connectivity index (χ0) is 30.6. The minimum Gasteiger partial charge on any atom is -0.455 e. The van der Waals surface area contributed by atoms with Crippen LogP contribution >= 0.6 is 22.9 Å². The number of carbonyl (C=O) groups is 4. The topological polar surface area (TPSA) is 114 Å².